The van der Waals surface area contributed by atoms with Crippen LogP contribution in [0.5, 0.6) is 0 Å². The lowest BCUT2D eigenvalue weighted by Gasteiger charge is -2.16. The highest BCUT2D eigenvalue weighted by Crippen LogP contribution is 2.31. The molecular weight excluding hydrogens is 330 g/mol. The van der Waals surface area contributed by atoms with E-state index in [1.807, 2.05) is 31.6 Å². The predicted molar refractivity (Wildman–Crippen MR) is 88.7 cm³/mol. The molecule has 4 rings (SSSR count). The number of aromatic nitrogens is 4. The molecule has 124 valence electrons. The molecule has 24 heavy (non-hydrogen) atoms. The van der Waals surface area contributed by atoms with E-state index in [4.69, 9.17) is 20.9 Å². The molecule has 0 radical (unpaired) electrons. The molecule has 1 fully saturated rings. The molecule has 1 aromatic carbocycles. The second kappa shape index (κ2) is 6.26. The van der Waals surface area contributed by atoms with Crippen LogP contribution >= 0.6 is 11.6 Å². The van der Waals surface area contributed by atoms with Crippen molar-refractivity contribution >= 4 is 17.6 Å². The van der Waals surface area contributed by atoms with Crippen molar-refractivity contribution in [3.63, 3.8) is 0 Å². The summed E-state index contributed by atoms with van der Waals surface area (Å²) in [6, 6.07) is 7.77. The van der Waals surface area contributed by atoms with Crippen LogP contribution in [0.3, 0.4) is 0 Å². The molecule has 2 atom stereocenters. The third-order valence-electron chi connectivity index (χ3n) is 3.96. The maximum absolute atomic E-state index is 6.00. The van der Waals surface area contributed by atoms with Crippen LogP contribution in [0.25, 0.3) is 11.4 Å². The first-order valence-electron chi connectivity index (χ1n) is 7.65. The van der Waals surface area contributed by atoms with Crippen molar-refractivity contribution in [2.75, 3.05) is 11.9 Å². The molecule has 1 saturated heterocycles. The van der Waals surface area contributed by atoms with Gasteiger partial charge < -0.3 is 14.6 Å². The summed E-state index contributed by atoms with van der Waals surface area (Å²) >= 11 is 6.00. The van der Waals surface area contributed by atoms with E-state index >= 15 is 0 Å². The van der Waals surface area contributed by atoms with Gasteiger partial charge in [-0.05, 0) is 18.6 Å². The van der Waals surface area contributed by atoms with Gasteiger partial charge in [-0.15, -0.1) is 0 Å². The molecular formula is C16H16ClN5O2. The second-order valence-electron chi connectivity index (χ2n) is 5.71. The van der Waals surface area contributed by atoms with Gasteiger partial charge in [0.15, 0.2) is 0 Å². The van der Waals surface area contributed by atoms with Gasteiger partial charge in [0.25, 0.3) is 0 Å². The van der Waals surface area contributed by atoms with Crippen LogP contribution in [0.4, 0.5) is 6.01 Å². The molecule has 8 heteroatoms. The summed E-state index contributed by atoms with van der Waals surface area (Å²) in [6.45, 7) is 0.673. The monoisotopic (exact) mass is 345 g/mol. The van der Waals surface area contributed by atoms with Crippen LogP contribution < -0.4 is 5.32 Å². The zero-order valence-electron chi connectivity index (χ0n) is 13.0. The first-order chi connectivity index (χ1) is 11.7. The van der Waals surface area contributed by atoms with Gasteiger partial charge in [0, 0.05) is 36.0 Å². The van der Waals surface area contributed by atoms with Gasteiger partial charge in [-0.3, -0.25) is 4.68 Å². The number of benzene rings is 1. The molecule has 0 aliphatic carbocycles. The molecule has 0 amide bonds. The third kappa shape index (κ3) is 3.00. The molecule has 1 aliphatic heterocycles. The number of rotatable bonds is 4. The Hall–Kier alpha value is -2.38. The minimum atomic E-state index is -0.0831. The fourth-order valence-electron chi connectivity index (χ4n) is 2.84. The van der Waals surface area contributed by atoms with E-state index in [1.54, 1.807) is 16.8 Å². The number of anilines is 1. The standard InChI is InChI=1S/C16H16ClN5O2/c1-22-9-11(8-18-22)14-13(5-6-23-14)19-16-20-15(21-24-16)10-3-2-4-12(17)7-10/h2-4,7-9,13-14H,5-6H2,1H3,(H,19,20,21)/t13-,14+/m0/s1. The van der Waals surface area contributed by atoms with Gasteiger partial charge in [-0.1, -0.05) is 28.9 Å². The highest BCUT2D eigenvalue weighted by atomic mass is 35.5. The SMILES string of the molecule is Cn1cc([C@H]2OCC[C@@H]2Nc2nc(-c3cccc(Cl)c3)no2)cn1. The van der Waals surface area contributed by atoms with Crippen LogP contribution in [-0.2, 0) is 11.8 Å². The summed E-state index contributed by atoms with van der Waals surface area (Å²) in [6.07, 6.45) is 4.54. The zero-order chi connectivity index (χ0) is 16.5. The number of nitrogens with zero attached hydrogens (tertiary/aromatic N) is 4. The summed E-state index contributed by atoms with van der Waals surface area (Å²) in [4.78, 5) is 4.39. The second-order valence-corrected chi connectivity index (χ2v) is 6.15. The number of ether oxygens (including phenoxy) is 1. The van der Waals surface area contributed by atoms with E-state index in [9.17, 15) is 0 Å². The lowest BCUT2D eigenvalue weighted by molar-refractivity contribution is 0.107. The fraction of sp³-hybridized carbons (Fsp3) is 0.312. The summed E-state index contributed by atoms with van der Waals surface area (Å²) in [5.74, 6) is 0.497. The molecule has 3 aromatic rings. The summed E-state index contributed by atoms with van der Waals surface area (Å²) in [5.41, 5.74) is 1.84. The van der Waals surface area contributed by atoms with Crippen molar-refractivity contribution in [2.45, 2.75) is 18.6 Å². The molecule has 7 nitrogen and oxygen atoms in total. The fourth-order valence-corrected chi connectivity index (χ4v) is 3.03. The van der Waals surface area contributed by atoms with Crippen molar-refractivity contribution < 1.29 is 9.26 Å². The first-order valence-corrected chi connectivity index (χ1v) is 8.03. The van der Waals surface area contributed by atoms with Crippen LogP contribution in [0.15, 0.2) is 41.2 Å². The maximum Gasteiger partial charge on any atom is 0.322 e. The van der Waals surface area contributed by atoms with Crippen molar-refractivity contribution in [1.82, 2.24) is 19.9 Å². The van der Waals surface area contributed by atoms with Gasteiger partial charge in [0.1, 0.15) is 6.10 Å². The minimum Gasteiger partial charge on any atom is -0.371 e. The Morgan fingerprint density at radius 3 is 3.08 bits per heavy atom. The lowest BCUT2D eigenvalue weighted by Crippen LogP contribution is -2.23. The van der Waals surface area contributed by atoms with E-state index < -0.39 is 0 Å². The number of nitrogens with one attached hydrogen (secondary N) is 1. The van der Waals surface area contributed by atoms with E-state index in [2.05, 4.69) is 20.6 Å². The first kappa shape index (κ1) is 15.2. The average Bonchev–Trinajstić information content (AvgIpc) is 3.28. The van der Waals surface area contributed by atoms with Gasteiger partial charge in [-0.2, -0.15) is 10.1 Å². The van der Waals surface area contributed by atoms with Crippen molar-refractivity contribution in [2.24, 2.45) is 7.05 Å². The Balaban J connectivity index is 1.51. The van der Waals surface area contributed by atoms with E-state index in [-0.39, 0.29) is 12.1 Å². The highest BCUT2D eigenvalue weighted by Gasteiger charge is 2.31. The quantitative estimate of drug-likeness (QED) is 0.783. The summed E-state index contributed by atoms with van der Waals surface area (Å²) in [7, 11) is 1.89. The van der Waals surface area contributed by atoms with E-state index in [1.165, 1.54) is 0 Å². The van der Waals surface area contributed by atoms with Crippen LogP contribution in [-0.4, -0.2) is 32.6 Å². The largest absolute Gasteiger partial charge is 0.371 e. The molecule has 0 spiro atoms. The molecule has 0 saturated carbocycles. The summed E-state index contributed by atoms with van der Waals surface area (Å²) in [5, 5.41) is 12.1. The molecule has 3 heterocycles. The average molecular weight is 346 g/mol. The van der Waals surface area contributed by atoms with E-state index in [0.717, 1.165) is 17.5 Å². The van der Waals surface area contributed by atoms with Gasteiger partial charge in [0.05, 0.1) is 12.2 Å². The maximum atomic E-state index is 6.00. The van der Waals surface area contributed by atoms with Gasteiger partial charge in [-0.25, -0.2) is 0 Å². The third-order valence-corrected chi connectivity index (χ3v) is 4.20. The Bertz CT molecular complexity index is 846. The predicted octanol–water partition coefficient (Wildman–Crippen LogP) is 3.07. The molecule has 0 bridgehead atoms. The lowest BCUT2D eigenvalue weighted by atomic mass is 10.1. The Morgan fingerprint density at radius 2 is 2.29 bits per heavy atom. The Kier molecular flexibility index (Phi) is 3.95. The molecule has 2 aromatic heterocycles. The van der Waals surface area contributed by atoms with Gasteiger partial charge in [0.2, 0.25) is 5.82 Å². The molecule has 0 unspecified atom stereocenters. The van der Waals surface area contributed by atoms with Crippen LogP contribution in [0, 0.1) is 0 Å². The molecule has 1 aliphatic rings. The Morgan fingerprint density at radius 1 is 1.38 bits per heavy atom. The topological polar surface area (TPSA) is 78.0 Å². The van der Waals surface area contributed by atoms with Crippen molar-refractivity contribution in [1.29, 1.82) is 0 Å². The van der Waals surface area contributed by atoms with Crippen LogP contribution in [0.2, 0.25) is 5.02 Å². The number of aryl methyl sites for hydroxylation is 1. The summed E-state index contributed by atoms with van der Waals surface area (Å²) < 4.78 is 12.9. The number of halogens is 1. The normalized spacial score (nSPS) is 20.4. The van der Waals surface area contributed by atoms with Gasteiger partial charge >= 0.3 is 6.01 Å². The number of hydrogen-bond donors (Lipinski definition) is 1. The van der Waals surface area contributed by atoms with Crippen LogP contribution in [0.1, 0.15) is 18.1 Å². The zero-order valence-corrected chi connectivity index (χ0v) is 13.8. The van der Waals surface area contributed by atoms with Crippen molar-refractivity contribution in [3.8, 4) is 11.4 Å². The molecule has 1 N–H and O–H groups in total. The Labute approximate surface area is 143 Å². The van der Waals surface area contributed by atoms with Crippen molar-refractivity contribution in [3.05, 3.63) is 47.2 Å². The minimum absolute atomic E-state index is 0.0573. The highest BCUT2D eigenvalue weighted by molar-refractivity contribution is 6.30. The van der Waals surface area contributed by atoms with E-state index in [0.29, 0.717) is 23.5 Å². The smallest absolute Gasteiger partial charge is 0.322 e. The number of hydrogen-bond acceptors (Lipinski definition) is 6.